The topological polar surface area (TPSA) is 95.0 Å². The lowest BCUT2D eigenvalue weighted by molar-refractivity contribution is 0.0969. The predicted octanol–water partition coefficient (Wildman–Crippen LogP) is 5.16. The van der Waals surface area contributed by atoms with Crippen molar-refractivity contribution in [1.82, 2.24) is 5.16 Å². The Labute approximate surface area is 197 Å². The average molecular weight is 487 g/mol. The number of halogens is 2. The molecule has 8 nitrogen and oxygen atoms in total. The minimum absolute atomic E-state index is 0.0766. The Balaban J connectivity index is 1.88. The Morgan fingerprint density at radius 3 is 2.52 bits per heavy atom. The summed E-state index contributed by atoms with van der Waals surface area (Å²) in [6, 6.07) is 8.67. The fraction of sp³-hybridized carbons (Fsp3) is 0.174. The third kappa shape index (κ3) is 3.25. The van der Waals surface area contributed by atoms with E-state index in [-0.39, 0.29) is 38.2 Å². The molecule has 0 aliphatic carbocycles. The molecule has 1 aliphatic rings. The van der Waals surface area contributed by atoms with Gasteiger partial charge in [-0.1, -0.05) is 28.4 Å². The number of aryl methyl sites for hydroxylation is 1. The number of benzene rings is 2. The van der Waals surface area contributed by atoms with Gasteiger partial charge in [0, 0.05) is 16.7 Å². The van der Waals surface area contributed by atoms with E-state index in [0.29, 0.717) is 22.8 Å². The van der Waals surface area contributed by atoms with E-state index in [1.165, 1.54) is 31.3 Å². The van der Waals surface area contributed by atoms with Gasteiger partial charge in [-0.3, -0.25) is 14.5 Å². The number of methoxy groups -OCH3 is 2. The number of ether oxygens (including phenoxy) is 2. The van der Waals surface area contributed by atoms with Gasteiger partial charge < -0.3 is 18.4 Å². The van der Waals surface area contributed by atoms with E-state index in [2.05, 4.69) is 5.16 Å². The van der Waals surface area contributed by atoms with E-state index < -0.39 is 17.4 Å². The third-order valence-electron chi connectivity index (χ3n) is 5.48. The highest BCUT2D eigenvalue weighted by Crippen LogP contribution is 2.45. The van der Waals surface area contributed by atoms with E-state index in [9.17, 15) is 9.59 Å². The molecule has 3 heterocycles. The van der Waals surface area contributed by atoms with Gasteiger partial charge in [-0.05, 0) is 37.3 Å². The first-order valence-electron chi connectivity index (χ1n) is 9.78. The van der Waals surface area contributed by atoms with E-state index in [0.717, 1.165) is 0 Å². The molecule has 4 aromatic rings. The lowest BCUT2D eigenvalue weighted by Gasteiger charge is -2.24. The molecule has 10 heteroatoms. The van der Waals surface area contributed by atoms with Crippen LogP contribution in [0.25, 0.3) is 11.0 Å². The van der Waals surface area contributed by atoms with Gasteiger partial charge in [0.15, 0.2) is 16.8 Å². The van der Waals surface area contributed by atoms with Gasteiger partial charge in [0.1, 0.15) is 23.3 Å². The van der Waals surface area contributed by atoms with Crippen molar-refractivity contribution in [2.75, 3.05) is 19.1 Å². The zero-order valence-corrected chi connectivity index (χ0v) is 19.2. The molecule has 0 unspecified atom stereocenters. The van der Waals surface area contributed by atoms with Crippen molar-refractivity contribution >= 4 is 45.9 Å². The summed E-state index contributed by atoms with van der Waals surface area (Å²) in [5, 5.41) is 4.55. The van der Waals surface area contributed by atoms with Crippen molar-refractivity contribution in [2.45, 2.75) is 13.0 Å². The van der Waals surface area contributed by atoms with Crippen LogP contribution in [0.1, 0.15) is 33.5 Å². The first kappa shape index (κ1) is 21.4. The van der Waals surface area contributed by atoms with Gasteiger partial charge in [-0.2, -0.15) is 0 Å². The lowest BCUT2D eigenvalue weighted by atomic mass is 9.97. The summed E-state index contributed by atoms with van der Waals surface area (Å²) in [6.07, 6.45) is 0. The summed E-state index contributed by atoms with van der Waals surface area (Å²) >= 11 is 12.4. The average Bonchev–Trinajstić information content (AvgIpc) is 3.35. The molecule has 2 aromatic carbocycles. The number of rotatable bonds is 4. The number of carbonyl (C=O) groups excluding carboxylic acids is 1. The number of anilines is 1. The molecule has 0 bridgehead atoms. The van der Waals surface area contributed by atoms with Gasteiger partial charge in [-0.25, -0.2) is 0 Å². The van der Waals surface area contributed by atoms with Crippen molar-refractivity contribution in [1.29, 1.82) is 0 Å². The second kappa shape index (κ2) is 7.83. The first-order chi connectivity index (χ1) is 15.8. The van der Waals surface area contributed by atoms with Gasteiger partial charge in [0.2, 0.25) is 5.76 Å². The number of aromatic nitrogens is 1. The Morgan fingerprint density at radius 1 is 1.06 bits per heavy atom. The van der Waals surface area contributed by atoms with Gasteiger partial charge in [-0.15, -0.1) is 0 Å². The normalized spacial score (nSPS) is 15.2. The second-order valence-electron chi connectivity index (χ2n) is 7.42. The monoisotopic (exact) mass is 486 g/mol. The highest BCUT2D eigenvalue weighted by atomic mass is 35.5. The van der Waals surface area contributed by atoms with Crippen molar-refractivity contribution < 1.29 is 23.2 Å². The number of hydrogen-bond acceptors (Lipinski definition) is 7. The number of fused-ring (bicyclic) bond motifs is 2. The molecule has 0 fully saturated rings. The van der Waals surface area contributed by atoms with Crippen molar-refractivity contribution in [3.05, 3.63) is 79.3 Å². The molecule has 0 saturated carbocycles. The summed E-state index contributed by atoms with van der Waals surface area (Å²) in [6.45, 7) is 1.70. The maximum absolute atomic E-state index is 13.7. The van der Waals surface area contributed by atoms with Gasteiger partial charge >= 0.3 is 0 Å². The van der Waals surface area contributed by atoms with Gasteiger partial charge in [0.05, 0.1) is 30.2 Å². The molecule has 0 radical (unpaired) electrons. The second-order valence-corrected chi connectivity index (χ2v) is 8.26. The zero-order chi connectivity index (χ0) is 23.4. The molecular formula is C23H16Cl2N2O6. The predicted molar refractivity (Wildman–Crippen MR) is 122 cm³/mol. The Hall–Kier alpha value is -3.49. The molecule has 5 rings (SSSR count). The molecule has 0 saturated heterocycles. The van der Waals surface area contributed by atoms with E-state index in [1.807, 2.05) is 0 Å². The maximum atomic E-state index is 13.7. The fourth-order valence-corrected chi connectivity index (χ4v) is 4.58. The SMILES string of the molecule is COc1ccc(OC)c([C@H]2c3c(oc4c(Cl)cc(Cl)cc4c3=O)C(=O)N2c2cc(C)on2)c1. The number of carbonyl (C=O) groups is 1. The number of nitrogens with zero attached hydrogens (tertiary/aromatic N) is 2. The molecule has 33 heavy (non-hydrogen) atoms. The highest BCUT2D eigenvalue weighted by molar-refractivity contribution is 6.38. The van der Waals surface area contributed by atoms with Crippen LogP contribution in [0.2, 0.25) is 10.0 Å². The van der Waals surface area contributed by atoms with Crippen LogP contribution in [-0.4, -0.2) is 25.3 Å². The molecule has 0 N–H and O–H groups in total. The Morgan fingerprint density at radius 2 is 1.85 bits per heavy atom. The van der Waals surface area contributed by atoms with Crippen molar-refractivity contribution in [3.63, 3.8) is 0 Å². The van der Waals surface area contributed by atoms with Crippen molar-refractivity contribution in [2.24, 2.45) is 0 Å². The molecule has 1 aliphatic heterocycles. The van der Waals surface area contributed by atoms with Crippen LogP contribution < -0.4 is 19.8 Å². The molecule has 1 atom stereocenters. The van der Waals surface area contributed by atoms with Crippen LogP contribution in [-0.2, 0) is 0 Å². The Bertz CT molecular complexity index is 1490. The summed E-state index contributed by atoms with van der Waals surface area (Å²) in [5.74, 6) is 0.940. The van der Waals surface area contributed by atoms with Crippen molar-refractivity contribution in [3.8, 4) is 11.5 Å². The highest BCUT2D eigenvalue weighted by Gasteiger charge is 2.46. The standard InChI is InChI=1S/C23H16Cl2N2O6/c1-10-6-17(26-33-10)27-19(13-9-12(30-2)4-5-16(13)31-3)18-20(28)14-7-11(24)8-15(25)21(14)32-22(18)23(27)29/h4-9,19H,1-3H3/t19-/m0/s1. The fourth-order valence-electron chi connectivity index (χ4n) is 4.05. The molecule has 0 spiro atoms. The third-order valence-corrected chi connectivity index (χ3v) is 5.98. The van der Waals surface area contributed by atoms with Crippen LogP contribution in [0.4, 0.5) is 5.82 Å². The van der Waals surface area contributed by atoms with E-state index in [4.69, 9.17) is 41.6 Å². The van der Waals surface area contributed by atoms with Gasteiger partial charge in [0.25, 0.3) is 5.91 Å². The van der Waals surface area contributed by atoms with Crippen LogP contribution in [0.5, 0.6) is 11.5 Å². The quantitative estimate of drug-likeness (QED) is 0.392. The summed E-state index contributed by atoms with van der Waals surface area (Å²) in [7, 11) is 3.01. The van der Waals surface area contributed by atoms with Crippen LogP contribution in [0.3, 0.4) is 0 Å². The molecular weight excluding hydrogens is 471 g/mol. The smallest absolute Gasteiger partial charge is 0.296 e. The van der Waals surface area contributed by atoms with E-state index in [1.54, 1.807) is 31.2 Å². The summed E-state index contributed by atoms with van der Waals surface area (Å²) in [5.41, 5.74) is 0.247. The number of hydrogen-bond donors (Lipinski definition) is 0. The minimum Gasteiger partial charge on any atom is -0.497 e. The number of amides is 1. The van der Waals surface area contributed by atoms with Crippen LogP contribution in [0.15, 0.2) is 50.1 Å². The lowest BCUT2D eigenvalue weighted by Crippen LogP contribution is -2.30. The van der Waals surface area contributed by atoms with Crippen LogP contribution >= 0.6 is 23.2 Å². The Kier molecular flexibility index (Phi) is 5.07. The minimum atomic E-state index is -0.930. The summed E-state index contributed by atoms with van der Waals surface area (Å²) in [4.78, 5) is 28.6. The van der Waals surface area contributed by atoms with E-state index >= 15 is 0 Å². The first-order valence-corrected chi connectivity index (χ1v) is 10.5. The molecule has 1 amide bonds. The molecule has 168 valence electrons. The molecule has 2 aromatic heterocycles. The zero-order valence-electron chi connectivity index (χ0n) is 17.6. The van der Waals surface area contributed by atoms with Crippen LogP contribution in [0, 0.1) is 6.92 Å². The largest absolute Gasteiger partial charge is 0.497 e. The summed E-state index contributed by atoms with van der Waals surface area (Å²) < 4.78 is 22.0. The maximum Gasteiger partial charge on any atom is 0.296 e.